The molecule has 2 heterocycles. The van der Waals surface area contributed by atoms with E-state index in [0.29, 0.717) is 13.0 Å². The fourth-order valence-electron chi connectivity index (χ4n) is 3.53. The Bertz CT molecular complexity index is 1300. The number of hydrogen-bond donors (Lipinski definition) is 1. The molecule has 2 aliphatic heterocycles. The molecule has 0 bridgehead atoms. The maximum absolute atomic E-state index is 13.2. The number of benzene rings is 3. The zero-order valence-corrected chi connectivity index (χ0v) is 21.2. The van der Waals surface area contributed by atoms with Gasteiger partial charge in [-0.1, -0.05) is 66.0 Å². The SMILES string of the molecule is O=C1CSC(=O)N1CCOc1ccccc1F.O=C1NC(=O)C(CCOc2ccc3ccccc3c2)S1. The van der Waals surface area contributed by atoms with Crippen molar-refractivity contribution in [2.24, 2.45) is 0 Å². The number of para-hydroxylation sites is 1. The maximum Gasteiger partial charge on any atom is 0.288 e. The number of fused-ring (bicyclic) bond motifs is 1. The molecule has 1 N–H and O–H groups in total. The topological polar surface area (TPSA) is 102 Å². The molecule has 2 fully saturated rings. The van der Waals surface area contributed by atoms with Gasteiger partial charge in [0.05, 0.1) is 24.2 Å². The smallest absolute Gasteiger partial charge is 0.288 e. The fourth-order valence-corrected chi connectivity index (χ4v) is 5.08. The number of hydrogen-bond acceptors (Lipinski definition) is 8. The van der Waals surface area contributed by atoms with Gasteiger partial charge in [0.25, 0.3) is 10.5 Å². The van der Waals surface area contributed by atoms with Crippen molar-refractivity contribution in [2.75, 3.05) is 25.5 Å². The number of carbonyl (C=O) groups excluding carboxylic acids is 4. The first-order valence-electron chi connectivity index (χ1n) is 11.4. The van der Waals surface area contributed by atoms with Crippen LogP contribution in [0, 0.1) is 5.82 Å². The summed E-state index contributed by atoms with van der Waals surface area (Å²) in [6, 6.07) is 19.9. The Balaban J connectivity index is 0.000000176. The van der Waals surface area contributed by atoms with E-state index < -0.39 is 5.82 Å². The number of imide groups is 2. The first-order chi connectivity index (χ1) is 17.9. The third-order valence-corrected chi connectivity index (χ3v) is 7.30. The number of rotatable bonds is 8. The second-order valence-electron chi connectivity index (χ2n) is 7.91. The van der Waals surface area contributed by atoms with Crippen molar-refractivity contribution in [3.8, 4) is 11.5 Å². The molecule has 11 heteroatoms. The van der Waals surface area contributed by atoms with Gasteiger partial charge in [0.2, 0.25) is 11.8 Å². The molecule has 0 aromatic heterocycles. The first-order valence-corrected chi connectivity index (χ1v) is 13.2. The lowest BCUT2D eigenvalue weighted by Gasteiger charge is -2.13. The van der Waals surface area contributed by atoms with Crippen LogP contribution in [-0.2, 0) is 9.59 Å². The van der Waals surface area contributed by atoms with Crippen molar-refractivity contribution < 1.29 is 33.0 Å². The highest BCUT2D eigenvalue weighted by atomic mass is 32.2. The van der Waals surface area contributed by atoms with E-state index in [1.165, 1.54) is 12.1 Å². The Morgan fingerprint density at radius 3 is 2.38 bits per heavy atom. The Hall–Kier alpha value is -3.57. The minimum Gasteiger partial charge on any atom is -0.494 e. The van der Waals surface area contributed by atoms with Crippen LogP contribution in [0.3, 0.4) is 0 Å². The summed E-state index contributed by atoms with van der Waals surface area (Å²) in [4.78, 5) is 46.0. The Kier molecular flexibility index (Phi) is 9.02. The lowest BCUT2D eigenvalue weighted by molar-refractivity contribution is -0.125. The number of thioether (sulfide) groups is 2. The second-order valence-corrected chi connectivity index (χ2v) is 10.0. The Morgan fingerprint density at radius 1 is 0.919 bits per heavy atom. The van der Waals surface area contributed by atoms with E-state index in [-0.39, 0.29) is 52.2 Å². The average Bonchev–Trinajstić information content (AvgIpc) is 3.39. The molecule has 192 valence electrons. The predicted molar refractivity (Wildman–Crippen MR) is 140 cm³/mol. The van der Waals surface area contributed by atoms with Gasteiger partial charge >= 0.3 is 0 Å². The van der Waals surface area contributed by atoms with Crippen molar-refractivity contribution in [3.05, 3.63) is 72.5 Å². The van der Waals surface area contributed by atoms with E-state index in [9.17, 15) is 23.6 Å². The fraction of sp³-hybridized carbons (Fsp3) is 0.231. The van der Waals surface area contributed by atoms with Crippen molar-refractivity contribution in [1.82, 2.24) is 10.2 Å². The Labute approximate surface area is 220 Å². The minimum absolute atomic E-state index is 0.0962. The van der Waals surface area contributed by atoms with Crippen LogP contribution in [0.2, 0.25) is 0 Å². The standard InChI is InChI=1S/C15H13NO3S.C11H10FNO3S/c17-14-13(20-15(18)16-14)7-8-19-12-6-5-10-3-1-2-4-11(10)9-12;12-8-3-1-2-4-9(8)16-6-5-13-10(14)7-17-11(13)15/h1-6,9,13H,7-8H2,(H,16,17,18);1-4H,5-7H2. The van der Waals surface area contributed by atoms with Gasteiger partial charge in [-0.3, -0.25) is 29.4 Å². The minimum atomic E-state index is -0.457. The quantitative estimate of drug-likeness (QED) is 0.431. The normalized spacial score (nSPS) is 17.0. The van der Waals surface area contributed by atoms with E-state index in [0.717, 1.165) is 44.9 Å². The summed E-state index contributed by atoms with van der Waals surface area (Å²) < 4.78 is 24.0. The van der Waals surface area contributed by atoms with Gasteiger partial charge in [-0.2, -0.15) is 0 Å². The molecule has 3 aromatic carbocycles. The van der Waals surface area contributed by atoms with Crippen LogP contribution in [0.4, 0.5) is 14.0 Å². The summed E-state index contributed by atoms with van der Waals surface area (Å²) in [5, 5.41) is 3.68. The monoisotopic (exact) mass is 542 g/mol. The van der Waals surface area contributed by atoms with Crippen LogP contribution in [0.5, 0.6) is 11.5 Å². The highest BCUT2D eigenvalue weighted by Gasteiger charge is 2.31. The van der Waals surface area contributed by atoms with Gasteiger partial charge in [0, 0.05) is 6.42 Å². The van der Waals surface area contributed by atoms with Crippen LogP contribution in [-0.4, -0.2) is 58.0 Å². The van der Waals surface area contributed by atoms with Crippen LogP contribution >= 0.6 is 23.5 Å². The molecule has 2 aliphatic rings. The van der Waals surface area contributed by atoms with E-state index in [4.69, 9.17) is 9.47 Å². The number of halogens is 1. The lowest BCUT2D eigenvalue weighted by Crippen LogP contribution is -2.32. The molecule has 5 rings (SSSR count). The van der Waals surface area contributed by atoms with Crippen LogP contribution in [0.25, 0.3) is 10.8 Å². The van der Waals surface area contributed by atoms with E-state index in [2.05, 4.69) is 5.32 Å². The van der Waals surface area contributed by atoms with E-state index in [1.54, 1.807) is 12.1 Å². The zero-order chi connectivity index (χ0) is 26.2. The summed E-state index contributed by atoms with van der Waals surface area (Å²) in [5.41, 5.74) is 0. The molecule has 1 unspecified atom stereocenters. The van der Waals surface area contributed by atoms with Gasteiger partial charge in [-0.15, -0.1) is 0 Å². The zero-order valence-electron chi connectivity index (χ0n) is 19.6. The summed E-state index contributed by atoms with van der Waals surface area (Å²) in [6.45, 7) is 0.661. The number of carbonyl (C=O) groups is 4. The van der Waals surface area contributed by atoms with Crippen LogP contribution < -0.4 is 14.8 Å². The van der Waals surface area contributed by atoms with Crippen LogP contribution in [0.1, 0.15) is 6.42 Å². The van der Waals surface area contributed by atoms with E-state index in [1.807, 2.05) is 42.5 Å². The molecule has 0 spiro atoms. The number of amides is 4. The molecular weight excluding hydrogens is 519 g/mol. The molecule has 1 atom stereocenters. The highest BCUT2D eigenvalue weighted by Crippen LogP contribution is 2.24. The van der Waals surface area contributed by atoms with Gasteiger partial charge in [-0.05, 0) is 35.0 Å². The third-order valence-electron chi connectivity index (χ3n) is 5.39. The third kappa shape index (κ3) is 7.23. The summed E-state index contributed by atoms with van der Waals surface area (Å²) >= 11 is 2.00. The van der Waals surface area contributed by atoms with Crippen molar-refractivity contribution in [2.45, 2.75) is 11.7 Å². The molecule has 4 amide bonds. The lowest BCUT2D eigenvalue weighted by atomic mass is 10.1. The second kappa shape index (κ2) is 12.6. The predicted octanol–water partition coefficient (Wildman–Crippen LogP) is 4.86. The average molecular weight is 543 g/mol. The van der Waals surface area contributed by atoms with Crippen molar-refractivity contribution in [3.63, 3.8) is 0 Å². The Morgan fingerprint density at radius 2 is 1.68 bits per heavy atom. The largest absolute Gasteiger partial charge is 0.494 e. The van der Waals surface area contributed by atoms with Crippen molar-refractivity contribution >= 4 is 56.6 Å². The molecule has 37 heavy (non-hydrogen) atoms. The number of nitrogens with zero attached hydrogens (tertiary/aromatic N) is 1. The first kappa shape index (κ1) is 26.5. The van der Waals surface area contributed by atoms with Gasteiger partial charge < -0.3 is 9.47 Å². The molecule has 8 nitrogen and oxygen atoms in total. The number of ether oxygens (including phenoxy) is 2. The molecule has 0 aliphatic carbocycles. The van der Waals surface area contributed by atoms with Crippen molar-refractivity contribution in [1.29, 1.82) is 0 Å². The van der Waals surface area contributed by atoms with Gasteiger partial charge in [0.15, 0.2) is 11.6 Å². The van der Waals surface area contributed by atoms with Gasteiger partial charge in [0.1, 0.15) is 12.4 Å². The summed E-state index contributed by atoms with van der Waals surface area (Å²) in [6.07, 6.45) is 0.523. The maximum atomic E-state index is 13.2. The molecular formula is C26H23FN2O6S2. The van der Waals surface area contributed by atoms with Gasteiger partial charge in [-0.25, -0.2) is 4.39 Å². The molecule has 0 radical (unpaired) electrons. The molecule has 0 saturated carbocycles. The molecule has 3 aromatic rings. The van der Waals surface area contributed by atoms with E-state index >= 15 is 0 Å². The summed E-state index contributed by atoms with van der Waals surface area (Å²) in [7, 11) is 0. The molecule has 2 saturated heterocycles. The number of nitrogens with one attached hydrogen (secondary N) is 1. The summed E-state index contributed by atoms with van der Waals surface area (Å²) in [5.74, 6) is 0.177. The highest BCUT2D eigenvalue weighted by molar-refractivity contribution is 8.15. The van der Waals surface area contributed by atoms with Crippen LogP contribution in [0.15, 0.2) is 66.7 Å².